The summed E-state index contributed by atoms with van der Waals surface area (Å²) >= 11 is 0. The van der Waals surface area contributed by atoms with Gasteiger partial charge in [-0.25, -0.2) is 17.4 Å². The first-order valence-electron chi connectivity index (χ1n) is 10.5. The third kappa shape index (κ3) is 2.82. The van der Waals surface area contributed by atoms with Crippen molar-refractivity contribution in [3.05, 3.63) is 96.1 Å². The van der Waals surface area contributed by atoms with Crippen LogP contribution in [0.15, 0.2) is 84.1 Å². The van der Waals surface area contributed by atoms with Gasteiger partial charge in [-0.15, -0.1) is 0 Å². The highest BCUT2D eigenvalue weighted by atomic mass is 32.2. The number of benzene rings is 3. The summed E-state index contributed by atoms with van der Waals surface area (Å²) in [6, 6.07) is 20.5. The maximum atomic E-state index is 13.8. The molecule has 32 heavy (non-hydrogen) atoms. The van der Waals surface area contributed by atoms with Gasteiger partial charge in [-0.3, -0.25) is 0 Å². The monoisotopic (exact) mass is 443 g/mol. The van der Waals surface area contributed by atoms with Crippen LogP contribution in [0.25, 0.3) is 21.8 Å². The van der Waals surface area contributed by atoms with E-state index in [4.69, 9.17) is 4.74 Å². The van der Waals surface area contributed by atoms with Gasteiger partial charge in [0.05, 0.1) is 40.8 Å². The van der Waals surface area contributed by atoms with Gasteiger partial charge < -0.3 is 9.30 Å². The Morgan fingerprint density at radius 2 is 1.75 bits per heavy atom. The van der Waals surface area contributed by atoms with Gasteiger partial charge in [-0.2, -0.15) is 0 Å². The summed E-state index contributed by atoms with van der Waals surface area (Å²) in [5.41, 5.74) is 4.20. The number of rotatable bonds is 3. The standard InChI is InChI=1S/C25H21N3O3S/c1-17-6-9-19(10-7-17)32(29,30)28-22-5-3-2-4-20(22)21-11-8-18(14-23(21)28)25-24-15-26-16-27(24)12-13-31-25/h2-11,14-16,25H,12-13H2,1H3. The molecule has 6 nitrogen and oxygen atoms in total. The lowest BCUT2D eigenvalue weighted by molar-refractivity contribution is 0.0465. The Kier molecular flexibility index (Phi) is 4.25. The molecule has 1 unspecified atom stereocenters. The number of aryl methyl sites for hydroxylation is 1. The van der Waals surface area contributed by atoms with Gasteiger partial charge in [0.25, 0.3) is 10.0 Å². The van der Waals surface area contributed by atoms with Crippen LogP contribution < -0.4 is 0 Å². The second-order valence-electron chi connectivity index (χ2n) is 8.14. The third-order valence-electron chi connectivity index (χ3n) is 6.15. The first-order valence-corrected chi connectivity index (χ1v) is 11.9. The number of para-hydroxylation sites is 1. The molecule has 0 spiro atoms. The fraction of sp³-hybridized carbons (Fsp3) is 0.160. The van der Waals surface area contributed by atoms with Crippen LogP contribution in [-0.2, 0) is 21.3 Å². The van der Waals surface area contributed by atoms with Crippen LogP contribution in [0.4, 0.5) is 0 Å². The quantitative estimate of drug-likeness (QED) is 0.407. The van der Waals surface area contributed by atoms with Crippen molar-refractivity contribution in [1.29, 1.82) is 0 Å². The van der Waals surface area contributed by atoms with Gasteiger partial charge in [-0.05, 0) is 36.8 Å². The SMILES string of the molecule is Cc1ccc(S(=O)(=O)n2c3ccccc3c3ccc(C4OCCn5cncc54)cc32)cc1. The van der Waals surface area contributed by atoms with Crippen LogP contribution >= 0.6 is 0 Å². The molecular formula is C25H21N3O3S. The van der Waals surface area contributed by atoms with Gasteiger partial charge in [-0.1, -0.05) is 48.0 Å². The van der Waals surface area contributed by atoms with Crippen LogP contribution in [0.2, 0.25) is 0 Å². The van der Waals surface area contributed by atoms with Crippen molar-refractivity contribution in [2.24, 2.45) is 0 Å². The van der Waals surface area contributed by atoms with Crippen molar-refractivity contribution in [2.75, 3.05) is 6.61 Å². The average molecular weight is 444 g/mol. The minimum Gasteiger partial charge on any atom is -0.365 e. The van der Waals surface area contributed by atoms with Gasteiger partial charge in [0.1, 0.15) is 6.10 Å². The van der Waals surface area contributed by atoms with Crippen molar-refractivity contribution in [3.8, 4) is 0 Å². The molecule has 0 saturated carbocycles. The summed E-state index contributed by atoms with van der Waals surface area (Å²) in [5.74, 6) is 0. The van der Waals surface area contributed by atoms with Crippen molar-refractivity contribution in [1.82, 2.24) is 13.5 Å². The normalized spacial score (nSPS) is 16.5. The van der Waals surface area contributed by atoms with Crippen LogP contribution in [0, 0.1) is 6.92 Å². The first-order chi connectivity index (χ1) is 15.5. The number of hydrogen-bond acceptors (Lipinski definition) is 4. The zero-order chi connectivity index (χ0) is 21.9. The summed E-state index contributed by atoms with van der Waals surface area (Å²) in [5, 5.41) is 1.80. The lowest BCUT2D eigenvalue weighted by Crippen LogP contribution is -2.21. The lowest BCUT2D eigenvalue weighted by Gasteiger charge is -2.25. The number of fused-ring (bicyclic) bond motifs is 4. The number of ether oxygens (including phenoxy) is 1. The van der Waals surface area contributed by atoms with E-state index in [1.165, 1.54) is 3.97 Å². The molecule has 0 amide bonds. The maximum absolute atomic E-state index is 13.8. The number of hydrogen-bond donors (Lipinski definition) is 0. The second kappa shape index (κ2) is 7.05. The number of imidazole rings is 1. The summed E-state index contributed by atoms with van der Waals surface area (Å²) in [6.45, 7) is 3.28. The highest BCUT2D eigenvalue weighted by molar-refractivity contribution is 7.90. The van der Waals surface area contributed by atoms with Crippen molar-refractivity contribution < 1.29 is 13.2 Å². The lowest BCUT2D eigenvalue weighted by atomic mass is 10.0. The van der Waals surface area contributed by atoms with E-state index < -0.39 is 10.0 Å². The summed E-state index contributed by atoms with van der Waals surface area (Å²) in [4.78, 5) is 4.53. The molecule has 2 aromatic heterocycles. The predicted octanol–water partition coefficient (Wildman–Crippen LogP) is 4.66. The van der Waals surface area contributed by atoms with Crippen molar-refractivity contribution >= 4 is 31.8 Å². The fourth-order valence-electron chi connectivity index (χ4n) is 4.55. The first kappa shape index (κ1) is 19.3. The molecular weight excluding hydrogens is 422 g/mol. The van der Waals surface area contributed by atoms with Crippen molar-refractivity contribution in [2.45, 2.75) is 24.5 Å². The van der Waals surface area contributed by atoms with Crippen LogP contribution in [0.1, 0.15) is 22.9 Å². The molecule has 1 aliphatic rings. The molecule has 0 radical (unpaired) electrons. The molecule has 0 fully saturated rings. The van der Waals surface area contributed by atoms with E-state index in [2.05, 4.69) is 9.55 Å². The van der Waals surface area contributed by atoms with Gasteiger partial charge in [0, 0.05) is 17.3 Å². The second-order valence-corrected chi connectivity index (χ2v) is 9.93. The molecule has 1 atom stereocenters. The molecule has 0 aliphatic carbocycles. The van der Waals surface area contributed by atoms with Gasteiger partial charge in [0.15, 0.2) is 0 Å². The molecule has 3 aromatic carbocycles. The van der Waals surface area contributed by atoms with E-state index in [-0.39, 0.29) is 11.0 Å². The average Bonchev–Trinajstić information content (AvgIpc) is 3.41. The summed E-state index contributed by atoms with van der Waals surface area (Å²) < 4.78 is 37.2. The Morgan fingerprint density at radius 3 is 2.59 bits per heavy atom. The van der Waals surface area contributed by atoms with Crippen LogP contribution in [0.5, 0.6) is 0 Å². The Bertz CT molecular complexity index is 1580. The predicted molar refractivity (Wildman–Crippen MR) is 123 cm³/mol. The molecule has 160 valence electrons. The fourth-order valence-corrected chi connectivity index (χ4v) is 6.07. The molecule has 3 heterocycles. The Hall–Kier alpha value is -3.42. The van der Waals surface area contributed by atoms with E-state index >= 15 is 0 Å². The van der Waals surface area contributed by atoms with E-state index in [0.29, 0.717) is 17.6 Å². The van der Waals surface area contributed by atoms with Gasteiger partial charge in [0.2, 0.25) is 0 Å². The Labute approximate surface area is 185 Å². The van der Waals surface area contributed by atoms with Crippen LogP contribution in [-0.4, -0.2) is 28.5 Å². The van der Waals surface area contributed by atoms with E-state index in [9.17, 15) is 8.42 Å². The zero-order valence-corrected chi connectivity index (χ0v) is 18.3. The number of aromatic nitrogens is 3. The molecule has 0 N–H and O–H groups in total. The molecule has 0 bridgehead atoms. The maximum Gasteiger partial charge on any atom is 0.268 e. The summed E-state index contributed by atoms with van der Waals surface area (Å²) in [7, 11) is -3.80. The van der Waals surface area contributed by atoms with E-state index in [1.54, 1.807) is 12.1 Å². The molecule has 5 aromatic rings. The van der Waals surface area contributed by atoms with Gasteiger partial charge >= 0.3 is 0 Å². The Morgan fingerprint density at radius 1 is 0.969 bits per heavy atom. The minimum absolute atomic E-state index is 0.267. The largest absolute Gasteiger partial charge is 0.365 e. The number of nitrogens with zero attached hydrogens (tertiary/aromatic N) is 3. The van der Waals surface area contributed by atoms with Crippen LogP contribution in [0.3, 0.4) is 0 Å². The summed E-state index contributed by atoms with van der Waals surface area (Å²) in [6.07, 6.45) is 3.33. The smallest absolute Gasteiger partial charge is 0.268 e. The Balaban J connectivity index is 1.62. The molecule has 6 rings (SSSR count). The molecule has 0 saturated heterocycles. The van der Waals surface area contributed by atoms with E-state index in [0.717, 1.165) is 34.1 Å². The highest BCUT2D eigenvalue weighted by Gasteiger charge is 2.27. The van der Waals surface area contributed by atoms with E-state index in [1.807, 2.05) is 74.0 Å². The molecule has 7 heteroatoms. The third-order valence-corrected chi connectivity index (χ3v) is 7.89. The van der Waals surface area contributed by atoms with Crippen molar-refractivity contribution in [3.63, 3.8) is 0 Å². The zero-order valence-electron chi connectivity index (χ0n) is 17.5. The minimum atomic E-state index is -3.80. The molecule has 1 aliphatic heterocycles. The topological polar surface area (TPSA) is 66.1 Å². The highest BCUT2D eigenvalue weighted by Crippen LogP contribution is 2.36.